The second kappa shape index (κ2) is 8.64. The molecule has 2 aliphatic rings. The molecular weight excluding hydrogens is 412 g/mol. The average Bonchev–Trinajstić information content (AvgIpc) is 3.54. The molecule has 1 fully saturated rings. The molecule has 3 aromatic rings. The molecule has 6 heteroatoms. The van der Waals surface area contributed by atoms with Gasteiger partial charge in [-0.25, -0.2) is 0 Å². The highest BCUT2D eigenvalue weighted by molar-refractivity contribution is 5.68. The Hall–Kier alpha value is -3.17. The SMILES string of the molecule is CCCN1CCC2(CCc3c(-c4noc(-c5ccc(OC(C)C)c(C#N)c5)n4)cccc32)C1. The van der Waals surface area contributed by atoms with Crippen LogP contribution in [0.2, 0.25) is 0 Å². The lowest BCUT2D eigenvalue weighted by Gasteiger charge is -2.25. The van der Waals surface area contributed by atoms with Gasteiger partial charge in [0.05, 0.1) is 11.7 Å². The van der Waals surface area contributed by atoms with Crippen LogP contribution in [0.15, 0.2) is 40.9 Å². The Balaban J connectivity index is 1.45. The molecule has 170 valence electrons. The van der Waals surface area contributed by atoms with E-state index in [1.54, 1.807) is 12.1 Å². The predicted molar refractivity (Wildman–Crippen MR) is 127 cm³/mol. The van der Waals surface area contributed by atoms with Crippen LogP contribution in [-0.2, 0) is 11.8 Å². The Bertz CT molecular complexity index is 1210. The molecule has 1 unspecified atom stereocenters. The second-order valence-electron chi connectivity index (χ2n) is 9.55. The predicted octanol–water partition coefficient (Wildman–Crippen LogP) is 5.36. The molecule has 2 aromatic carbocycles. The van der Waals surface area contributed by atoms with E-state index in [1.807, 2.05) is 19.9 Å². The Morgan fingerprint density at radius 1 is 1.24 bits per heavy atom. The molecule has 1 atom stereocenters. The molecule has 0 bridgehead atoms. The van der Waals surface area contributed by atoms with Crippen molar-refractivity contribution in [1.82, 2.24) is 15.0 Å². The van der Waals surface area contributed by atoms with Crippen molar-refractivity contribution in [2.24, 2.45) is 0 Å². The summed E-state index contributed by atoms with van der Waals surface area (Å²) in [7, 11) is 0. The number of rotatable bonds is 6. The van der Waals surface area contributed by atoms with Crippen LogP contribution in [0.5, 0.6) is 5.75 Å². The van der Waals surface area contributed by atoms with Crippen molar-refractivity contribution in [1.29, 1.82) is 5.26 Å². The third-order valence-corrected chi connectivity index (χ3v) is 6.95. The normalized spacial score (nSPS) is 19.8. The van der Waals surface area contributed by atoms with E-state index in [0.717, 1.165) is 24.1 Å². The minimum Gasteiger partial charge on any atom is -0.490 e. The van der Waals surface area contributed by atoms with E-state index >= 15 is 0 Å². The highest BCUT2D eigenvalue weighted by atomic mass is 16.5. The van der Waals surface area contributed by atoms with Gasteiger partial charge in [0, 0.05) is 23.1 Å². The lowest BCUT2D eigenvalue weighted by atomic mass is 9.81. The summed E-state index contributed by atoms with van der Waals surface area (Å²) in [5.41, 5.74) is 5.33. The zero-order valence-corrected chi connectivity index (χ0v) is 19.6. The van der Waals surface area contributed by atoms with Crippen LogP contribution in [0.25, 0.3) is 22.8 Å². The molecule has 0 radical (unpaired) electrons. The summed E-state index contributed by atoms with van der Waals surface area (Å²) in [4.78, 5) is 7.32. The summed E-state index contributed by atoms with van der Waals surface area (Å²) in [5, 5.41) is 13.9. The van der Waals surface area contributed by atoms with Crippen LogP contribution >= 0.6 is 0 Å². The number of fused-ring (bicyclic) bond motifs is 2. The fourth-order valence-corrected chi connectivity index (χ4v) is 5.51. The molecule has 0 saturated carbocycles. The third-order valence-electron chi connectivity index (χ3n) is 6.95. The smallest absolute Gasteiger partial charge is 0.258 e. The lowest BCUT2D eigenvalue weighted by molar-refractivity contribution is 0.241. The molecule has 6 nitrogen and oxygen atoms in total. The maximum absolute atomic E-state index is 9.54. The summed E-state index contributed by atoms with van der Waals surface area (Å²) in [6.07, 6.45) is 4.66. The molecule has 2 heterocycles. The Labute approximate surface area is 195 Å². The summed E-state index contributed by atoms with van der Waals surface area (Å²) in [6, 6.07) is 14.1. The Morgan fingerprint density at radius 2 is 2.12 bits per heavy atom. The van der Waals surface area contributed by atoms with Gasteiger partial charge < -0.3 is 14.2 Å². The highest BCUT2D eigenvalue weighted by Gasteiger charge is 2.44. The first-order valence-electron chi connectivity index (χ1n) is 11.9. The number of ether oxygens (including phenoxy) is 1. The zero-order chi connectivity index (χ0) is 23.0. The second-order valence-corrected chi connectivity index (χ2v) is 9.55. The van der Waals surface area contributed by atoms with E-state index in [1.165, 1.54) is 43.5 Å². The van der Waals surface area contributed by atoms with Gasteiger partial charge in [-0.3, -0.25) is 0 Å². The molecule has 1 aromatic heterocycles. The van der Waals surface area contributed by atoms with Crippen LogP contribution in [0.4, 0.5) is 0 Å². The van der Waals surface area contributed by atoms with Crippen molar-refractivity contribution in [3.63, 3.8) is 0 Å². The molecule has 33 heavy (non-hydrogen) atoms. The monoisotopic (exact) mass is 442 g/mol. The van der Waals surface area contributed by atoms with E-state index in [-0.39, 0.29) is 11.5 Å². The average molecular weight is 443 g/mol. The molecule has 1 saturated heterocycles. The number of hydrogen-bond acceptors (Lipinski definition) is 6. The maximum Gasteiger partial charge on any atom is 0.258 e. The van der Waals surface area contributed by atoms with Crippen LogP contribution in [0.1, 0.15) is 56.7 Å². The number of likely N-dealkylation sites (tertiary alicyclic amines) is 1. The van der Waals surface area contributed by atoms with Gasteiger partial charge in [0.25, 0.3) is 5.89 Å². The molecule has 1 spiro atoms. The Kier molecular flexibility index (Phi) is 5.67. The van der Waals surface area contributed by atoms with Crippen molar-refractivity contribution < 1.29 is 9.26 Å². The van der Waals surface area contributed by atoms with Gasteiger partial charge in [0.15, 0.2) is 0 Å². The number of nitrogens with zero attached hydrogens (tertiary/aromatic N) is 4. The number of benzene rings is 2. The van der Waals surface area contributed by atoms with Crippen LogP contribution in [0.3, 0.4) is 0 Å². The number of nitriles is 1. The van der Waals surface area contributed by atoms with E-state index in [0.29, 0.717) is 23.0 Å². The van der Waals surface area contributed by atoms with Crippen LogP contribution < -0.4 is 4.74 Å². The first-order chi connectivity index (χ1) is 16.0. The van der Waals surface area contributed by atoms with Gasteiger partial charge in [-0.05, 0) is 81.9 Å². The van der Waals surface area contributed by atoms with Crippen molar-refractivity contribution in [3.8, 4) is 34.7 Å². The fraction of sp³-hybridized carbons (Fsp3) is 0.444. The summed E-state index contributed by atoms with van der Waals surface area (Å²) >= 11 is 0. The van der Waals surface area contributed by atoms with Gasteiger partial charge in [-0.2, -0.15) is 10.2 Å². The quantitative estimate of drug-likeness (QED) is 0.511. The van der Waals surface area contributed by atoms with Crippen molar-refractivity contribution in [2.75, 3.05) is 19.6 Å². The number of aromatic nitrogens is 2. The molecule has 0 amide bonds. The van der Waals surface area contributed by atoms with E-state index in [9.17, 15) is 5.26 Å². The van der Waals surface area contributed by atoms with E-state index < -0.39 is 0 Å². The van der Waals surface area contributed by atoms with Crippen molar-refractivity contribution in [3.05, 3.63) is 53.1 Å². The van der Waals surface area contributed by atoms with E-state index in [4.69, 9.17) is 14.2 Å². The first-order valence-corrected chi connectivity index (χ1v) is 11.9. The maximum atomic E-state index is 9.54. The van der Waals surface area contributed by atoms with Crippen molar-refractivity contribution >= 4 is 0 Å². The Morgan fingerprint density at radius 3 is 2.91 bits per heavy atom. The van der Waals surface area contributed by atoms with Crippen LogP contribution in [-0.4, -0.2) is 40.8 Å². The molecule has 1 aliphatic heterocycles. The van der Waals surface area contributed by atoms with Gasteiger partial charge in [0.2, 0.25) is 5.82 Å². The standard InChI is InChI=1S/C27H30N4O2/c1-4-13-31-14-12-27(17-31)11-10-21-22(6-5-7-23(21)27)25-29-26(33-30-25)19-8-9-24(32-18(2)3)20(15-19)16-28/h5-9,15,18H,4,10-14,17H2,1-3H3. The molecule has 0 N–H and O–H groups in total. The molecular formula is C27H30N4O2. The molecule has 5 rings (SSSR count). The number of hydrogen-bond donors (Lipinski definition) is 0. The van der Waals surface area contributed by atoms with Crippen molar-refractivity contribution in [2.45, 2.75) is 58.0 Å². The first kappa shape index (κ1) is 21.7. The minimum absolute atomic E-state index is 0.00431. The van der Waals surface area contributed by atoms with Gasteiger partial charge in [-0.15, -0.1) is 0 Å². The zero-order valence-electron chi connectivity index (χ0n) is 19.6. The summed E-state index contributed by atoms with van der Waals surface area (Å²) in [5.74, 6) is 1.59. The molecule has 1 aliphatic carbocycles. The van der Waals surface area contributed by atoms with Gasteiger partial charge in [0.1, 0.15) is 11.8 Å². The summed E-state index contributed by atoms with van der Waals surface area (Å²) < 4.78 is 11.4. The topological polar surface area (TPSA) is 75.2 Å². The van der Waals surface area contributed by atoms with Crippen LogP contribution in [0, 0.1) is 11.3 Å². The van der Waals surface area contributed by atoms with E-state index in [2.05, 4.69) is 41.2 Å². The van der Waals surface area contributed by atoms with Gasteiger partial charge >= 0.3 is 0 Å². The summed E-state index contributed by atoms with van der Waals surface area (Å²) in [6.45, 7) is 9.64. The fourth-order valence-electron chi connectivity index (χ4n) is 5.51. The lowest BCUT2D eigenvalue weighted by Crippen LogP contribution is -2.29. The highest BCUT2D eigenvalue weighted by Crippen LogP contribution is 2.48. The third kappa shape index (κ3) is 3.91. The minimum atomic E-state index is -0.00431. The van der Waals surface area contributed by atoms with Gasteiger partial charge in [-0.1, -0.05) is 30.3 Å². The largest absolute Gasteiger partial charge is 0.490 e.